The molecular weight excluding hydrogens is 254 g/mol. The van der Waals surface area contributed by atoms with E-state index in [1.807, 2.05) is 13.8 Å². The van der Waals surface area contributed by atoms with E-state index >= 15 is 0 Å². The molecule has 0 aliphatic rings. The van der Waals surface area contributed by atoms with Crippen molar-refractivity contribution in [2.45, 2.75) is 13.8 Å². The molecule has 0 aliphatic heterocycles. The SMILES string of the molecule is C/C(=C\c1ncc([N+](=O)[O-])n1C)c1nnc(C)s1. The Labute approximate surface area is 107 Å². The smallest absolute Gasteiger partial charge is 0.342 e. The Morgan fingerprint density at radius 2 is 2.28 bits per heavy atom. The van der Waals surface area contributed by atoms with Crippen molar-refractivity contribution in [1.82, 2.24) is 19.7 Å². The molecule has 0 saturated carbocycles. The summed E-state index contributed by atoms with van der Waals surface area (Å²) in [4.78, 5) is 14.2. The van der Waals surface area contributed by atoms with Crippen LogP contribution < -0.4 is 0 Å². The van der Waals surface area contributed by atoms with E-state index in [0.29, 0.717) is 5.82 Å². The molecule has 2 rings (SSSR count). The number of rotatable bonds is 3. The van der Waals surface area contributed by atoms with E-state index in [9.17, 15) is 10.1 Å². The first-order chi connectivity index (χ1) is 8.49. The van der Waals surface area contributed by atoms with Crippen molar-refractivity contribution in [3.05, 3.63) is 32.2 Å². The van der Waals surface area contributed by atoms with Crippen LogP contribution in [0.1, 0.15) is 22.8 Å². The van der Waals surface area contributed by atoms with E-state index in [1.54, 1.807) is 13.1 Å². The Hall–Kier alpha value is -2.09. The molecule has 0 N–H and O–H groups in total. The topological polar surface area (TPSA) is 86.7 Å². The summed E-state index contributed by atoms with van der Waals surface area (Å²) in [5.74, 6) is 0.481. The van der Waals surface area contributed by atoms with Gasteiger partial charge in [0, 0.05) is 6.08 Å². The van der Waals surface area contributed by atoms with Gasteiger partial charge in [-0.25, -0.2) is 9.55 Å². The molecule has 2 aromatic rings. The fraction of sp³-hybridized carbons (Fsp3) is 0.300. The Morgan fingerprint density at radius 3 is 2.78 bits per heavy atom. The first kappa shape index (κ1) is 12.4. The number of nitrogens with zero attached hydrogens (tertiary/aromatic N) is 5. The molecule has 18 heavy (non-hydrogen) atoms. The standard InChI is InChI=1S/C10H11N5O2S/c1-6(10-13-12-7(2)18-10)4-8-11-5-9(14(8)3)15(16)17/h4-5H,1-3H3/b6-4+. The number of aromatic nitrogens is 4. The molecule has 94 valence electrons. The summed E-state index contributed by atoms with van der Waals surface area (Å²) in [6.45, 7) is 3.75. The summed E-state index contributed by atoms with van der Waals surface area (Å²) in [5, 5.41) is 20.3. The normalized spacial score (nSPS) is 11.8. The monoisotopic (exact) mass is 265 g/mol. The fourth-order valence-electron chi connectivity index (χ4n) is 1.43. The first-order valence-electron chi connectivity index (χ1n) is 5.14. The van der Waals surface area contributed by atoms with Gasteiger partial charge in [-0.2, -0.15) is 0 Å². The second kappa shape index (κ2) is 4.65. The van der Waals surface area contributed by atoms with Gasteiger partial charge in [-0.1, -0.05) is 11.3 Å². The highest BCUT2D eigenvalue weighted by atomic mass is 32.1. The van der Waals surface area contributed by atoms with E-state index in [-0.39, 0.29) is 5.82 Å². The number of hydrogen-bond donors (Lipinski definition) is 0. The molecule has 0 atom stereocenters. The van der Waals surface area contributed by atoms with Gasteiger partial charge in [0.1, 0.15) is 16.2 Å². The summed E-state index contributed by atoms with van der Waals surface area (Å²) in [5.41, 5.74) is 0.879. The third kappa shape index (κ3) is 2.28. The van der Waals surface area contributed by atoms with Crippen LogP contribution in [0.2, 0.25) is 0 Å². The Balaban J connectivity index is 2.36. The largest absolute Gasteiger partial charge is 0.358 e. The van der Waals surface area contributed by atoms with Crippen LogP contribution >= 0.6 is 11.3 Å². The minimum atomic E-state index is -0.464. The number of aryl methyl sites for hydroxylation is 1. The average molecular weight is 265 g/mol. The van der Waals surface area contributed by atoms with Gasteiger partial charge in [-0.15, -0.1) is 10.2 Å². The highest BCUT2D eigenvalue weighted by Gasteiger charge is 2.15. The van der Waals surface area contributed by atoms with Crippen molar-refractivity contribution in [2.75, 3.05) is 0 Å². The minimum absolute atomic E-state index is 0.0394. The third-order valence-corrected chi connectivity index (χ3v) is 3.37. The maximum Gasteiger partial charge on any atom is 0.342 e. The first-order valence-corrected chi connectivity index (χ1v) is 5.95. The van der Waals surface area contributed by atoms with Gasteiger partial charge in [0.25, 0.3) is 0 Å². The molecule has 0 radical (unpaired) electrons. The zero-order chi connectivity index (χ0) is 13.3. The summed E-state index contributed by atoms with van der Waals surface area (Å²) < 4.78 is 1.43. The van der Waals surface area contributed by atoms with E-state index < -0.39 is 4.92 Å². The van der Waals surface area contributed by atoms with Gasteiger partial charge in [0.2, 0.25) is 5.82 Å². The van der Waals surface area contributed by atoms with Gasteiger partial charge in [-0.3, -0.25) is 0 Å². The zero-order valence-corrected chi connectivity index (χ0v) is 10.9. The molecule has 2 heterocycles. The van der Waals surface area contributed by atoms with Crippen LogP contribution in [0.3, 0.4) is 0 Å². The van der Waals surface area contributed by atoms with Crippen molar-refractivity contribution in [3.63, 3.8) is 0 Å². The summed E-state index contributed by atoms with van der Waals surface area (Å²) in [7, 11) is 1.61. The lowest BCUT2D eigenvalue weighted by Crippen LogP contribution is -1.98. The lowest BCUT2D eigenvalue weighted by molar-refractivity contribution is -0.391. The predicted octanol–water partition coefficient (Wildman–Crippen LogP) is 2.05. The maximum atomic E-state index is 10.7. The number of nitro groups is 1. The molecule has 0 aliphatic carbocycles. The predicted molar refractivity (Wildman–Crippen MR) is 68.1 cm³/mol. The molecule has 0 saturated heterocycles. The summed E-state index contributed by atoms with van der Waals surface area (Å²) >= 11 is 1.47. The molecule has 0 amide bonds. The molecule has 0 spiro atoms. The van der Waals surface area contributed by atoms with Gasteiger partial charge >= 0.3 is 5.82 Å². The highest BCUT2D eigenvalue weighted by Crippen LogP contribution is 2.21. The van der Waals surface area contributed by atoms with Crippen LogP contribution in [0.4, 0.5) is 5.82 Å². The van der Waals surface area contributed by atoms with Crippen LogP contribution in [0.25, 0.3) is 11.6 Å². The molecule has 0 unspecified atom stereocenters. The Morgan fingerprint density at radius 1 is 1.56 bits per heavy atom. The minimum Gasteiger partial charge on any atom is -0.358 e. The van der Waals surface area contributed by atoms with Crippen LogP contribution in [-0.2, 0) is 7.05 Å². The Bertz CT molecular complexity index is 628. The van der Waals surface area contributed by atoms with Crippen molar-refractivity contribution < 1.29 is 4.92 Å². The molecule has 7 nitrogen and oxygen atoms in total. The third-order valence-electron chi connectivity index (χ3n) is 2.40. The fourth-order valence-corrected chi connectivity index (χ4v) is 2.09. The number of imidazole rings is 1. The summed E-state index contributed by atoms with van der Waals surface area (Å²) in [6, 6.07) is 0. The number of hydrogen-bond acceptors (Lipinski definition) is 6. The molecule has 0 bridgehead atoms. The maximum absolute atomic E-state index is 10.7. The van der Waals surface area contributed by atoms with Crippen LogP contribution in [0.15, 0.2) is 6.20 Å². The highest BCUT2D eigenvalue weighted by molar-refractivity contribution is 7.12. The molecule has 0 fully saturated rings. The molecule has 0 aromatic carbocycles. The van der Waals surface area contributed by atoms with Crippen LogP contribution in [-0.4, -0.2) is 24.7 Å². The quantitative estimate of drug-likeness (QED) is 0.626. The van der Waals surface area contributed by atoms with Crippen molar-refractivity contribution >= 4 is 28.8 Å². The Kier molecular flexibility index (Phi) is 3.19. The zero-order valence-electron chi connectivity index (χ0n) is 10.1. The lowest BCUT2D eigenvalue weighted by atomic mass is 10.3. The van der Waals surface area contributed by atoms with E-state index in [1.165, 1.54) is 22.1 Å². The molecular formula is C10H11N5O2S. The number of allylic oxidation sites excluding steroid dienone is 1. The van der Waals surface area contributed by atoms with E-state index in [2.05, 4.69) is 15.2 Å². The van der Waals surface area contributed by atoms with Crippen molar-refractivity contribution in [1.29, 1.82) is 0 Å². The van der Waals surface area contributed by atoms with Crippen molar-refractivity contribution in [2.24, 2.45) is 7.05 Å². The van der Waals surface area contributed by atoms with Gasteiger partial charge in [0.15, 0.2) is 0 Å². The van der Waals surface area contributed by atoms with Gasteiger partial charge in [0.05, 0.1) is 7.05 Å². The van der Waals surface area contributed by atoms with Crippen molar-refractivity contribution in [3.8, 4) is 0 Å². The van der Waals surface area contributed by atoms with E-state index in [0.717, 1.165) is 15.6 Å². The lowest BCUT2D eigenvalue weighted by Gasteiger charge is -1.96. The molecule has 2 aromatic heterocycles. The van der Waals surface area contributed by atoms with E-state index in [4.69, 9.17) is 0 Å². The van der Waals surface area contributed by atoms with Gasteiger partial charge < -0.3 is 10.1 Å². The average Bonchev–Trinajstić information content (AvgIpc) is 2.86. The summed E-state index contributed by atoms with van der Waals surface area (Å²) in [6.07, 6.45) is 3.00. The molecule has 8 heteroatoms. The second-order valence-electron chi connectivity index (χ2n) is 3.74. The van der Waals surface area contributed by atoms with Crippen LogP contribution in [0, 0.1) is 17.0 Å². The van der Waals surface area contributed by atoms with Gasteiger partial charge in [-0.05, 0) is 24.3 Å². The second-order valence-corrected chi connectivity index (χ2v) is 4.93. The van der Waals surface area contributed by atoms with Crippen LogP contribution in [0.5, 0.6) is 0 Å².